The minimum absolute atomic E-state index is 0.0170. The maximum atomic E-state index is 13.2. The van der Waals surface area contributed by atoms with Crippen molar-refractivity contribution in [3.8, 4) is 0 Å². The van der Waals surface area contributed by atoms with Gasteiger partial charge in [-0.05, 0) is 38.0 Å². The van der Waals surface area contributed by atoms with Crippen LogP contribution >= 0.6 is 11.8 Å². The zero-order valence-corrected chi connectivity index (χ0v) is 15.8. The third kappa shape index (κ3) is 3.93. The molecule has 0 aromatic heterocycles. The van der Waals surface area contributed by atoms with E-state index in [1.165, 1.54) is 17.3 Å². The maximum Gasteiger partial charge on any atom is 0.316 e. The molecule has 136 valence electrons. The molecule has 2 aromatic rings. The number of carboxylic acids is 1. The second-order valence-corrected chi connectivity index (χ2v) is 8.13. The zero-order valence-electron chi connectivity index (χ0n) is 15.0. The monoisotopic (exact) mass is 369 g/mol. The van der Waals surface area contributed by atoms with Crippen LogP contribution in [0, 0.1) is 0 Å². The number of carboxylic acid groups (broad SMARTS) is 1. The number of aliphatic carboxylic acids is 1. The van der Waals surface area contributed by atoms with Crippen LogP contribution in [0.2, 0.25) is 0 Å². The molecule has 1 amide bonds. The lowest BCUT2D eigenvalue weighted by Gasteiger charge is -2.23. The molecule has 1 heterocycles. The Hall–Kier alpha value is -2.27. The predicted molar refractivity (Wildman–Crippen MR) is 104 cm³/mol. The molecule has 3 unspecified atom stereocenters. The van der Waals surface area contributed by atoms with E-state index in [1.54, 1.807) is 13.0 Å². The van der Waals surface area contributed by atoms with E-state index in [0.717, 1.165) is 11.3 Å². The Labute approximate surface area is 158 Å². The minimum Gasteiger partial charge on any atom is -0.480 e. The molecule has 0 radical (unpaired) electrons. The number of rotatable bonds is 5. The van der Waals surface area contributed by atoms with Crippen molar-refractivity contribution in [2.75, 3.05) is 6.54 Å². The Morgan fingerprint density at radius 3 is 2.46 bits per heavy atom. The van der Waals surface area contributed by atoms with Crippen molar-refractivity contribution >= 4 is 23.6 Å². The Bertz CT molecular complexity index is 793. The van der Waals surface area contributed by atoms with Crippen LogP contribution in [0.4, 0.5) is 0 Å². The standard InChI is InChI=1S/C21H23NO3S/c1-14-12-17(16-8-4-3-5-9-16)13-22(14)20(23)18-10-6-7-11-19(18)26-15(2)21(24)25/h3-11,14-15,17H,12-13H2,1-2H3,(H,24,25). The molecule has 1 fully saturated rings. The first-order valence-corrected chi connectivity index (χ1v) is 9.69. The highest BCUT2D eigenvalue weighted by atomic mass is 32.2. The zero-order chi connectivity index (χ0) is 18.7. The van der Waals surface area contributed by atoms with Crippen molar-refractivity contribution in [1.29, 1.82) is 0 Å². The van der Waals surface area contributed by atoms with Gasteiger partial charge in [0, 0.05) is 23.4 Å². The number of hydrogen-bond donors (Lipinski definition) is 1. The molecule has 3 rings (SSSR count). The van der Waals surface area contributed by atoms with Crippen LogP contribution in [0.25, 0.3) is 0 Å². The SMILES string of the molecule is CC(Sc1ccccc1C(=O)N1CC(c2ccccc2)CC1C)C(=O)O. The van der Waals surface area contributed by atoms with Crippen molar-refractivity contribution < 1.29 is 14.7 Å². The topological polar surface area (TPSA) is 57.6 Å². The fourth-order valence-corrected chi connectivity index (χ4v) is 4.34. The smallest absolute Gasteiger partial charge is 0.316 e. The van der Waals surface area contributed by atoms with Crippen LogP contribution in [0.3, 0.4) is 0 Å². The summed E-state index contributed by atoms with van der Waals surface area (Å²) >= 11 is 1.22. The summed E-state index contributed by atoms with van der Waals surface area (Å²) in [5.41, 5.74) is 1.85. The summed E-state index contributed by atoms with van der Waals surface area (Å²) < 4.78 is 0. The van der Waals surface area contributed by atoms with Crippen LogP contribution < -0.4 is 0 Å². The number of benzene rings is 2. The number of carbonyl (C=O) groups is 2. The van der Waals surface area contributed by atoms with E-state index in [2.05, 4.69) is 19.1 Å². The second-order valence-electron chi connectivity index (χ2n) is 6.74. The third-order valence-corrected chi connectivity index (χ3v) is 6.04. The largest absolute Gasteiger partial charge is 0.480 e. The molecule has 0 bridgehead atoms. The molecule has 4 nitrogen and oxygen atoms in total. The van der Waals surface area contributed by atoms with Gasteiger partial charge in [-0.25, -0.2) is 0 Å². The highest BCUT2D eigenvalue weighted by Gasteiger charge is 2.34. The van der Waals surface area contributed by atoms with E-state index in [0.29, 0.717) is 18.0 Å². The summed E-state index contributed by atoms with van der Waals surface area (Å²) in [7, 11) is 0. The number of likely N-dealkylation sites (tertiary alicyclic amines) is 1. The molecule has 1 aliphatic rings. The fraction of sp³-hybridized carbons (Fsp3) is 0.333. The molecule has 3 atom stereocenters. The summed E-state index contributed by atoms with van der Waals surface area (Å²) in [6.45, 7) is 4.41. The van der Waals surface area contributed by atoms with Crippen LogP contribution in [0.15, 0.2) is 59.5 Å². The normalized spacial score (nSPS) is 20.8. The molecule has 0 aliphatic carbocycles. The Morgan fingerprint density at radius 1 is 1.12 bits per heavy atom. The summed E-state index contributed by atoms with van der Waals surface area (Å²) in [4.78, 5) is 27.0. The van der Waals surface area contributed by atoms with Gasteiger partial charge in [0.05, 0.1) is 5.56 Å². The summed E-state index contributed by atoms with van der Waals surface area (Å²) in [5.74, 6) is -0.555. The first kappa shape index (κ1) is 18.5. The second kappa shape index (κ2) is 7.96. The number of nitrogens with zero attached hydrogens (tertiary/aromatic N) is 1. The number of hydrogen-bond acceptors (Lipinski definition) is 3. The van der Waals surface area contributed by atoms with Gasteiger partial charge in [-0.15, -0.1) is 11.8 Å². The van der Waals surface area contributed by atoms with Crippen molar-refractivity contribution in [2.24, 2.45) is 0 Å². The van der Waals surface area contributed by atoms with E-state index >= 15 is 0 Å². The van der Waals surface area contributed by atoms with E-state index < -0.39 is 11.2 Å². The highest BCUT2D eigenvalue weighted by Crippen LogP contribution is 2.34. The molecule has 0 spiro atoms. The number of amides is 1. The lowest BCUT2D eigenvalue weighted by molar-refractivity contribution is -0.136. The number of carbonyl (C=O) groups excluding carboxylic acids is 1. The predicted octanol–water partition coefficient (Wildman–Crippen LogP) is 4.27. The molecule has 2 aromatic carbocycles. The van der Waals surface area contributed by atoms with Crippen LogP contribution in [-0.2, 0) is 4.79 Å². The highest BCUT2D eigenvalue weighted by molar-refractivity contribution is 8.00. The van der Waals surface area contributed by atoms with E-state index in [4.69, 9.17) is 0 Å². The van der Waals surface area contributed by atoms with Gasteiger partial charge in [-0.3, -0.25) is 9.59 Å². The summed E-state index contributed by atoms with van der Waals surface area (Å²) in [6.07, 6.45) is 0.941. The average Bonchev–Trinajstić information content (AvgIpc) is 3.04. The van der Waals surface area contributed by atoms with Gasteiger partial charge in [0.2, 0.25) is 0 Å². The molecule has 1 aliphatic heterocycles. The van der Waals surface area contributed by atoms with Gasteiger partial charge in [0.1, 0.15) is 5.25 Å². The summed E-state index contributed by atoms with van der Waals surface area (Å²) in [6, 6.07) is 17.7. The maximum absolute atomic E-state index is 13.2. The van der Waals surface area contributed by atoms with E-state index in [9.17, 15) is 14.7 Å². The average molecular weight is 369 g/mol. The van der Waals surface area contributed by atoms with Crippen LogP contribution in [0.5, 0.6) is 0 Å². The van der Waals surface area contributed by atoms with Gasteiger partial charge in [-0.1, -0.05) is 42.5 Å². The molecule has 1 saturated heterocycles. The molecular formula is C21H23NO3S. The van der Waals surface area contributed by atoms with Gasteiger partial charge in [0.15, 0.2) is 0 Å². The van der Waals surface area contributed by atoms with Crippen LogP contribution in [0.1, 0.15) is 42.1 Å². The lowest BCUT2D eigenvalue weighted by Crippen LogP contribution is -2.34. The quantitative estimate of drug-likeness (QED) is 0.800. The first-order valence-electron chi connectivity index (χ1n) is 8.81. The molecule has 5 heteroatoms. The lowest BCUT2D eigenvalue weighted by atomic mass is 9.97. The van der Waals surface area contributed by atoms with Crippen molar-refractivity contribution in [1.82, 2.24) is 4.90 Å². The molecule has 0 saturated carbocycles. The Balaban J connectivity index is 1.80. The third-order valence-electron chi connectivity index (χ3n) is 4.88. The van der Waals surface area contributed by atoms with E-state index in [-0.39, 0.29) is 11.9 Å². The molecular weight excluding hydrogens is 346 g/mol. The Kier molecular flexibility index (Phi) is 5.67. The summed E-state index contributed by atoms with van der Waals surface area (Å²) in [5, 5.41) is 8.57. The minimum atomic E-state index is -0.879. The van der Waals surface area contributed by atoms with Crippen LogP contribution in [-0.4, -0.2) is 39.7 Å². The van der Waals surface area contributed by atoms with Gasteiger partial charge in [0.25, 0.3) is 5.91 Å². The van der Waals surface area contributed by atoms with Crippen molar-refractivity contribution in [2.45, 2.75) is 42.4 Å². The first-order chi connectivity index (χ1) is 12.5. The van der Waals surface area contributed by atoms with Crippen molar-refractivity contribution in [3.63, 3.8) is 0 Å². The van der Waals surface area contributed by atoms with Gasteiger partial charge in [-0.2, -0.15) is 0 Å². The van der Waals surface area contributed by atoms with Crippen molar-refractivity contribution in [3.05, 3.63) is 65.7 Å². The van der Waals surface area contributed by atoms with E-state index in [1.807, 2.05) is 41.3 Å². The van der Waals surface area contributed by atoms with Gasteiger partial charge >= 0.3 is 5.97 Å². The molecule has 1 N–H and O–H groups in total. The van der Waals surface area contributed by atoms with Gasteiger partial charge < -0.3 is 10.0 Å². The molecule has 26 heavy (non-hydrogen) atoms. The Morgan fingerprint density at radius 2 is 1.77 bits per heavy atom. The fourth-order valence-electron chi connectivity index (χ4n) is 3.42. The number of thioether (sulfide) groups is 1.